The second-order valence-corrected chi connectivity index (χ2v) is 5.33. The maximum absolute atomic E-state index is 11.9. The predicted octanol–water partition coefficient (Wildman–Crippen LogP) is 1.87. The molecule has 0 aromatic heterocycles. The molecule has 3 fully saturated rings. The Morgan fingerprint density at radius 2 is 1.94 bits per heavy atom. The van der Waals surface area contributed by atoms with Crippen molar-refractivity contribution in [2.45, 2.75) is 25.4 Å². The van der Waals surface area contributed by atoms with Gasteiger partial charge in [-0.1, -0.05) is 30.3 Å². The summed E-state index contributed by atoms with van der Waals surface area (Å²) in [6, 6.07) is 9.81. The highest BCUT2D eigenvalue weighted by Crippen LogP contribution is 2.29. The van der Waals surface area contributed by atoms with Gasteiger partial charge in [0.1, 0.15) is 6.10 Å². The summed E-state index contributed by atoms with van der Waals surface area (Å²) in [5.41, 5.74) is 1.03. The molecule has 3 heteroatoms. The number of carbonyl (C=O) groups is 1. The van der Waals surface area contributed by atoms with Crippen LogP contribution in [0, 0.1) is 5.92 Å². The summed E-state index contributed by atoms with van der Waals surface area (Å²) in [7, 11) is 0. The molecule has 18 heavy (non-hydrogen) atoms. The van der Waals surface area contributed by atoms with Crippen LogP contribution in [-0.4, -0.2) is 36.6 Å². The zero-order valence-corrected chi connectivity index (χ0v) is 10.5. The topological polar surface area (TPSA) is 29.5 Å². The van der Waals surface area contributed by atoms with Crippen molar-refractivity contribution in [3.63, 3.8) is 0 Å². The van der Waals surface area contributed by atoms with Gasteiger partial charge in [-0.15, -0.1) is 0 Å². The first-order valence-corrected chi connectivity index (χ1v) is 6.77. The summed E-state index contributed by atoms with van der Waals surface area (Å²) in [4.78, 5) is 14.3. The van der Waals surface area contributed by atoms with Crippen LogP contribution in [0.15, 0.2) is 30.3 Å². The number of ether oxygens (including phenoxy) is 1. The predicted molar refractivity (Wildman–Crippen MR) is 69.2 cm³/mol. The highest BCUT2D eigenvalue weighted by molar-refractivity contribution is 5.72. The Kier molecular flexibility index (Phi) is 3.33. The average molecular weight is 245 g/mol. The van der Waals surface area contributed by atoms with Gasteiger partial charge >= 0.3 is 5.97 Å². The summed E-state index contributed by atoms with van der Waals surface area (Å²) >= 11 is 0. The van der Waals surface area contributed by atoms with Gasteiger partial charge in [0, 0.05) is 6.54 Å². The number of carbonyl (C=O) groups excluding carboxylic acids is 1. The summed E-state index contributed by atoms with van der Waals surface area (Å²) in [6.45, 7) is 3.29. The first kappa shape index (κ1) is 11.7. The molecule has 0 saturated carbocycles. The van der Waals surface area contributed by atoms with Crippen LogP contribution < -0.4 is 0 Å². The Balaban J connectivity index is 1.55. The minimum absolute atomic E-state index is 0.0834. The van der Waals surface area contributed by atoms with Crippen LogP contribution in [0.2, 0.25) is 0 Å². The van der Waals surface area contributed by atoms with Gasteiger partial charge in [0.25, 0.3) is 0 Å². The Morgan fingerprint density at radius 3 is 2.56 bits per heavy atom. The first-order valence-electron chi connectivity index (χ1n) is 6.77. The smallest absolute Gasteiger partial charge is 0.310 e. The molecular formula is C15H19NO2. The normalized spacial score (nSPS) is 30.1. The Bertz CT molecular complexity index is 410. The third-order valence-corrected chi connectivity index (χ3v) is 4.07. The number of piperidine rings is 3. The fourth-order valence-corrected chi connectivity index (χ4v) is 3.02. The van der Waals surface area contributed by atoms with Crippen LogP contribution >= 0.6 is 0 Å². The van der Waals surface area contributed by atoms with Crippen LogP contribution in [0.25, 0.3) is 0 Å². The fourth-order valence-electron chi connectivity index (χ4n) is 3.02. The molecule has 3 aliphatic rings. The Labute approximate surface area is 108 Å². The van der Waals surface area contributed by atoms with E-state index in [0.717, 1.165) is 12.1 Å². The van der Waals surface area contributed by atoms with Crippen LogP contribution in [0.3, 0.4) is 0 Å². The monoisotopic (exact) mass is 245 g/mol. The highest BCUT2D eigenvalue weighted by Gasteiger charge is 2.36. The molecule has 0 radical (unpaired) electrons. The molecule has 3 saturated heterocycles. The van der Waals surface area contributed by atoms with Crippen molar-refractivity contribution in [1.82, 2.24) is 4.90 Å². The lowest BCUT2D eigenvalue weighted by molar-refractivity contribution is -0.157. The number of rotatable bonds is 3. The van der Waals surface area contributed by atoms with Gasteiger partial charge in [-0.25, -0.2) is 0 Å². The maximum Gasteiger partial charge on any atom is 0.310 e. The zero-order chi connectivity index (χ0) is 12.4. The SMILES string of the molecule is O=C(Cc1ccccc1)O[C@@H]1CN2CCC1CC2. The van der Waals surface area contributed by atoms with Crippen molar-refractivity contribution in [2.24, 2.45) is 5.92 Å². The number of hydrogen-bond donors (Lipinski definition) is 0. The second-order valence-electron chi connectivity index (χ2n) is 5.33. The van der Waals surface area contributed by atoms with Crippen molar-refractivity contribution in [3.05, 3.63) is 35.9 Å². The quantitative estimate of drug-likeness (QED) is 0.761. The standard InChI is InChI=1S/C15H19NO2/c17-15(10-12-4-2-1-3-5-12)18-14-11-16-8-6-13(14)7-9-16/h1-5,13-14H,6-11H2/t14-/m1/s1. The molecule has 0 amide bonds. The van der Waals surface area contributed by atoms with Gasteiger partial charge in [0.2, 0.25) is 0 Å². The lowest BCUT2D eigenvalue weighted by Crippen LogP contribution is -2.52. The van der Waals surface area contributed by atoms with Gasteiger partial charge in [-0.05, 0) is 37.4 Å². The summed E-state index contributed by atoms with van der Waals surface area (Å²) < 4.78 is 5.65. The Morgan fingerprint density at radius 1 is 1.22 bits per heavy atom. The van der Waals surface area contributed by atoms with Crippen molar-refractivity contribution in [2.75, 3.05) is 19.6 Å². The van der Waals surface area contributed by atoms with E-state index in [-0.39, 0.29) is 12.1 Å². The molecule has 96 valence electrons. The van der Waals surface area contributed by atoms with E-state index in [2.05, 4.69) is 4.90 Å². The van der Waals surface area contributed by atoms with Crippen molar-refractivity contribution in [1.29, 1.82) is 0 Å². The van der Waals surface area contributed by atoms with Gasteiger partial charge in [-0.2, -0.15) is 0 Å². The van der Waals surface area contributed by atoms with E-state index in [9.17, 15) is 4.79 Å². The van der Waals surface area contributed by atoms with E-state index in [1.54, 1.807) is 0 Å². The molecule has 1 aromatic rings. The van der Waals surface area contributed by atoms with E-state index in [0.29, 0.717) is 12.3 Å². The zero-order valence-electron chi connectivity index (χ0n) is 10.5. The molecule has 1 aromatic carbocycles. The van der Waals surface area contributed by atoms with E-state index in [4.69, 9.17) is 4.74 Å². The summed E-state index contributed by atoms with van der Waals surface area (Å²) in [6.07, 6.45) is 2.89. The lowest BCUT2D eigenvalue weighted by atomic mass is 9.86. The van der Waals surface area contributed by atoms with E-state index in [1.165, 1.54) is 25.9 Å². The third-order valence-electron chi connectivity index (χ3n) is 4.07. The minimum atomic E-state index is -0.0834. The number of benzene rings is 1. The van der Waals surface area contributed by atoms with Crippen LogP contribution in [0.5, 0.6) is 0 Å². The maximum atomic E-state index is 11.9. The van der Waals surface area contributed by atoms with E-state index >= 15 is 0 Å². The van der Waals surface area contributed by atoms with Crippen molar-refractivity contribution < 1.29 is 9.53 Å². The van der Waals surface area contributed by atoms with Gasteiger partial charge < -0.3 is 4.74 Å². The fraction of sp³-hybridized carbons (Fsp3) is 0.533. The molecule has 3 nitrogen and oxygen atoms in total. The molecule has 4 rings (SSSR count). The molecule has 0 spiro atoms. The molecule has 1 atom stereocenters. The number of fused-ring (bicyclic) bond motifs is 3. The number of hydrogen-bond acceptors (Lipinski definition) is 3. The van der Waals surface area contributed by atoms with Crippen LogP contribution in [0.1, 0.15) is 18.4 Å². The van der Waals surface area contributed by atoms with E-state index in [1.807, 2.05) is 30.3 Å². The molecule has 3 aliphatic heterocycles. The molecular weight excluding hydrogens is 226 g/mol. The van der Waals surface area contributed by atoms with Crippen LogP contribution in [0.4, 0.5) is 0 Å². The average Bonchev–Trinajstić information content (AvgIpc) is 2.41. The first-order chi connectivity index (χ1) is 8.81. The van der Waals surface area contributed by atoms with Crippen molar-refractivity contribution >= 4 is 5.97 Å². The third kappa shape index (κ3) is 2.56. The molecule has 0 aliphatic carbocycles. The van der Waals surface area contributed by atoms with Gasteiger partial charge in [0.15, 0.2) is 0 Å². The molecule has 0 N–H and O–H groups in total. The lowest BCUT2D eigenvalue weighted by Gasteiger charge is -2.43. The van der Waals surface area contributed by atoms with E-state index < -0.39 is 0 Å². The number of esters is 1. The molecule has 2 bridgehead atoms. The number of nitrogens with zero attached hydrogens (tertiary/aromatic N) is 1. The Hall–Kier alpha value is -1.35. The van der Waals surface area contributed by atoms with Gasteiger partial charge in [0.05, 0.1) is 6.42 Å². The minimum Gasteiger partial charge on any atom is -0.460 e. The molecule has 0 unspecified atom stereocenters. The summed E-state index contributed by atoms with van der Waals surface area (Å²) in [5.74, 6) is 0.509. The second kappa shape index (κ2) is 5.11. The van der Waals surface area contributed by atoms with Gasteiger partial charge in [-0.3, -0.25) is 9.69 Å². The largest absolute Gasteiger partial charge is 0.460 e. The van der Waals surface area contributed by atoms with Crippen LogP contribution in [-0.2, 0) is 16.0 Å². The molecule has 3 heterocycles. The summed E-state index contributed by atoms with van der Waals surface area (Å²) in [5, 5.41) is 0. The highest BCUT2D eigenvalue weighted by atomic mass is 16.5. The van der Waals surface area contributed by atoms with Crippen molar-refractivity contribution in [3.8, 4) is 0 Å².